The maximum Gasteiger partial charge on any atom is 0.0541 e. The minimum absolute atomic E-state index is 1.17. The molecule has 4 aromatic heterocycles. The molecule has 0 N–H and O–H groups in total. The number of para-hydroxylation sites is 6. The van der Waals surface area contributed by atoms with Crippen LogP contribution < -0.4 is 0 Å². The Morgan fingerprint density at radius 3 is 0.865 bits per heavy atom. The van der Waals surface area contributed by atoms with Gasteiger partial charge in [-0.3, -0.25) is 0 Å². The van der Waals surface area contributed by atoms with Gasteiger partial charge in [0.2, 0.25) is 0 Å². The second-order valence-corrected chi connectivity index (χ2v) is 25.2. The van der Waals surface area contributed by atoms with E-state index in [1.165, 1.54) is 176 Å². The third-order valence-electron chi connectivity index (χ3n) is 19.8. The van der Waals surface area contributed by atoms with Gasteiger partial charge < -0.3 is 18.3 Å². The highest BCUT2D eigenvalue weighted by Crippen LogP contribution is 2.43. The summed E-state index contributed by atoms with van der Waals surface area (Å²) in [5.74, 6) is 0. The van der Waals surface area contributed by atoms with Crippen LogP contribution >= 0.6 is 0 Å². The number of aromatic nitrogens is 4. The molecule has 0 aliphatic heterocycles. The second kappa shape index (κ2) is 22.5. The molecule has 0 aliphatic rings. The smallest absolute Gasteiger partial charge is 0.0541 e. The van der Waals surface area contributed by atoms with Crippen LogP contribution in [0.3, 0.4) is 0 Å². The lowest BCUT2D eigenvalue weighted by Crippen LogP contribution is -1.95. The summed E-state index contributed by atoms with van der Waals surface area (Å²) in [5.41, 5.74) is 24.2. The van der Waals surface area contributed by atoms with E-state index in [-0.39, 0.29) is 0 Å². The fourth-order valence-electron chi connectivity index (χ4n) is 15.4. The molecule has 0 spiro atoms. The van der Waals surface area contributed by atoms with Crippen molar-refractivity contribution in [2.75, 3.05) is 0 Å². The van der Waals surface area contributed by atoms with Gasteiger partial charge in [-0.05, 0) is 187 Å². The number of fused-ring (bicyclic) bond motifs is 14. The first kappa shape index (κ1) is 54.9. The third kappa shape index (κ3) is 8.99. The Morgan fingerprint density at radius 2 is 0.438 bits per heavy atom. The van der Waals surface area contributed by atoms with Crippen molar-refractivity contribution in [1.29, 1.82) is 0 Å². The van der Waals surface area contributed by atoms with Gasteiger partial charge in [0.05, 0.1) is 44.1 Å². The molecule has 4 nitrogen and oxygen atoms in total. The molecule has 0 saturated carbocycles. The fraction of sp³-hybridized carbons (Fsp3) is 0. The summed E-state index contributed by atoms with van der Waals surface area (Å²) in [7, 11) is 0. The Balaban J connectivity index is 0.000000135. The fourth-order valence-corrected chi connectivity index (χ4v) is 15.4. The summed E-state index contributed by atoms with van der Waals surface area (Å²) in [6, 6.07) is 132. The predicted molar refractivity (Wildman–Crippen MR) is 407 cm³/mol. The Bertz CT molecular complexity index is 6410. The molecule has 4 heteroatoms. The maximum absolute atomic E-state index is 2.43. The molecular formula is C92H60N4. The van der Waals surface area contributed by atoms with E-state index in [9.17, 15) is 0 Å². The minimum Gasteiger partial charge on any atom is -0.309 e. The molecule has 20 aromatic rings. The van der Waals surface area contributed by atoms with E-state index in [1.807, 2.05) is 0 Å². The third-order valence-corrected chi connectivity index (χ3v) is 19.8. The number of nitrogens with zero attached hydrogens (tertiary/aromatic N) is 4. The molecule has 0 atom stereocenters. The van der Waals surface area contributed by atoms with Crippen LogP contribution in [0.1, 0.15) is 0 Å². The zero-order chi connectivity index (χ0) is 63.2. The summed E-state index contributed by atoms with van der Waals surface area (Å²) in [6.45, 7) is 0. The zero-order valence-corrected chi connectivity index (χ0v) is 52.4. The Hall–Kier alpha value is -12.8. The van der Waals surface area contributed by atoms with Crippen LogP contribution in [0.2, 0.25) is 0 Å². The topological polar surface area (TPSA) is 19.7 Å². The van der Waals surface area contributed by atoms with E-state index < -0.39 is 0 Å². The molecule has 96 heavy (non-hydrogen) atoms. The normalized spacial score (nSPS) is 11.8. The molecule has 448 valence electrons. The highest BCUT2D eigenvalue weighted by Gasteiger charge is 2.20. The minimum atomic E-state index is 1.17. The average Bonchev–Trinajstić information content (AvgIpc) is 1.61. The van der Waals surface area contributed by atoms with Crippen molar-refractivity contribution in [1.82, 2.24) is 18.3 Å². The van der Waals surface area contributed by atoms with Gasteiger partial charge in [0.15, 0.2) is 0 Å². The summed E-state index contributed by atoms with van der Waals surface area (Å²) in [5, 5.41) is 15.1. The molecule has 0 saturated heterocycles. The summed E-state index contributed by atoms with van der Waals surface area (Å²) in [4.78, 5) is 0. The van der Waals surface area contributed by atoms with E-state index in [4.69, 9.17) is 0 Å². The van der Waals surface area contributed by atoms with Crippen molar-refractivity contribution in [3.05, 3.63) is 364 Å². The lowest BCUT2D eigenvalue weighted by Gasteiger charge is -2.14. The standard InChI is InChI=1S/2C46H30N2/c1-3-12-31(13-4-1)37-19-11-14-34-28-36(24-25-38(34)37)48-44-21-10-8-18-40(44)42-30-33(23-27-46(42)48)32-22-26-45-41(29-32)39-17-7-9-20-43(39)47(45)35-15-5-2-6-16-35;1-3-13-31(14-4-1)40-30-36(27-34-15-7-8-18-37(34)40)48-44-22-12-10-20-39(44)42-29-33(24-26-46(42)48)32-23-25-45-41(28-32)38-19-9-11-21-43(38)47(45)35-16-5-2-6-17-35/h2*1-30H. The van der Waals surface area contributed by atoms with Crippen molar-refractivity contribution in [3.63, 3.8) is 0 Å². The largest absolute Gasteiger partial charge is 0.309 e. The van der Waals surface area contributed by atoms with Gasteiger partial charge in [0, 0.05) is 65.8 Å². The van der Waals surface area contributed by atoms with Crippen molar-refractivity contribution >= 4 is 109 Å². The van der Waals surface area contributed by atoms with E-state index in [0.717, 1.165) is 0 Å². The molecule has 0 amide bonds. The van der Waals surface area contributed by atoms with Gasteiger partial charge in [-0.1, -0.05) is 243 Å². The van der Waals surface area contributed by atoms with Crippen LogP contribution in [0.5, 0.6) is 0 Å². The first-order valence-electron chi connectivity index (χ1n) is 33.1. The number of benzene rings is 16. The Morgan fingerprint density at radius 1 is 0.135 bits per heavy atom. The molecule has 4 heterocycles. The quantitative estimate of drug-likeness (QED) is 0.144. The first-order chi connectivity index (χ1) is 47.6. The predicted octanol–water partition coefficient (Wildman–Crippen LogP) is 24.7. The van der Waals surface area contributed by atoms with Crippen molar-refractivity contribution in [2.24, 2.45) is 0 Å². The summed E-state index contributed by atoms with van der Waals surface area (Å²) in [6.07, 6.45) is 0. The summed E-state index contributed by atoms with van der Waals surface area (Å²) < 4.78 is 9.60. The average molecular weight is 1220 g/mol. The van der Waals surface area contributed by atoms with Gasteiger partial charge >= 0.3 is 0 Å². The Kier molecular flexibility index (Phi) is 12.9. The second-order valence-electron chi connectivity index (χ2n) is 25.2. The van der Waals surface area contributed by atoms with E-state index in [0.29, 0.717) is 0 Å². The highest BCUT2D eigenvalue weighted by atomic mass is 15.0. The van der Waals surface area contributed by atoms with Gasteiger partial charge in [-0.15, -0.1) is 0 Å². The van der Waals surface area contributed by atoms with Crippen LogP contribution in [0.15, 0.2) is 364 Å². The summed E-state index contributed by atoms with van der Waals surface area (Å²) >= 11 is 0. The van der Waals surface area contributed by atoms with Crippen molar-refractivity contribution in [2.45, 2.75) is 0 Å². The molecule has 16 aromatic carbocycles. The van der Waals surface area contributed by atoms with Crippen LogP contribution in [-0.4, -0.2) is 18.3 Å². The molecular weight excluding hydrogens is 1160 g/mol. The number of hydrogen-bond donors (Lipinski definition) is 0. The number of hydrogen-bond acceptors (Lipinski definition) is 0. The number of rotatable bonds is 8. The van der Waals surface area contributed by atoms with E-state index in [1.54, 1.807) is 0 Å². The highest BCUT2D eigenvalue weighted by molar-refractivity contribution is 6.15. The van der Waals surface area contributed by atoms with Crippen LogP contribution in [0.25, 0.3) is 176 Å². The lowest BCUT2D eigenvalue weighted by atomic mass is 9.97. The van der Waals surface area contributed by atoms with E-state index >= 15 is 0 Å². The Labute approximate surface area is 554 Å². The molecule has 0 radical (unpaired) electrons. The zero-order valence-electron chi connectivity index (χ0n) is 52.4. The SMILES string of the molecule is c1ccc(-c2cc(-n3c4ccccc4c4cc(-c5ccc6c(c5)c5ccccc5n6-c5ccccc5)ccc43)cc3ccccc23)cc1.c1ccc(-c2cccc3cc(-n4c5ccccc5c5cc(-c6ccc7c(c6)c6ccccc6n7-c6ccccc6)ccc54)ccc23)cc1. The van der Waals surface area contributed by atoms with Gasteiger partial charge in [-0.25, -0.2) is 0 Å². The van der Waals surface area contributed by atoms with E-state index in [2.05, 4.69) is 382 Å². The molecule has 0 unspecified atom stereocenters. The van der Waals surface area contributed by atoms with Crippen LogP contribution in [0.4, 0.5) is 0 Å². The molecule has 0 fully saturated rings. The molecule has 0 aliphatic carbocycles. The first-order valence-corrected chi connectivity index (χ1v) is 33.1. The van der Waals surface area contributed by atoms with Gasteiger partial charge in [0.25, 0.3) is 0 Å². The lowest BCUT2D eigenvalue weighted by molar-refractivity contribution is 1.18. The molecule has 20 rings (SSSR count). The van der Waals surface area contributed by atoms with Gasteiger partial charge in [0.1, 0.15) is 0 Å². The van der Waals surface area contributed by atoms with Crippen LogP contribution in [-0.2, 0) is 0 Å². The van der Waals surface area contributed by atoms with Gasteiger partial charge in [-0.2, -0.15) is 0 Å². The van der Waals surface area contributed by atoms with Crippen molar-refractivity contribution < 1.29 is 0 Å². The monoisotopic (exact) mass is 1220 g/mol. The van der Waals surface area contributed by atoms with Crippen LogP contribution in [0, 0.1) is 0 Å². The van der Waals surface area contributed by atoms with Crippen molar-refractivity contribution in [3.8, 4) is 67.3 Å². The molecule has 0 bridgehead atoms. The maximum atomic E-state index is 2.43.